The van der Waals surface area contributed by atoms with E-state index < -0.39 is 0 Å². The van der Waals surface area contributed by atoms with Crippen molar-refractivity contribution in [2.24, 2.45) is 0 Å². The molecule has 0 saturated heterocycles. The number of nitrogens with zero attached hydrogens (tertiary/aromatic N) is 3. The van der Waals surface area contributed by atoms with Crippen LogP contribution in [0.15, 0.2) is 152 Å². The van der Waals surface area contributed by atoms with E-state index in [9.17, 15) is 0 Å². The summed E-state index contributed by atoms with van der Waals surface area (Å²) in [6, 6.07) is 54.1. The number of thiophene rings is 2. The van der Waals surface area contributed by atoms with Gasteiger partial charge in [0.25, 0.3) is 0 Å². The molecule has 0 atom stereocenters. The van der Waals surface area contributed by atoms with Crippen LogP contribution in [0.5, 0.6) is 0 Å². The van der Waals surface area contributed by atoms with Gasteiger partial charge in [-0.15, -0.1) is 22.7 Å². The second-order valence-corrected chi connectivity index (χ2v) is 14.8. The quantitative estimate of drug-likeness (QED) is 0.176. The van der Waals surface area contributed by atoms with E-state index >= 15 is 0 Å². The van der Waals surface area contributed by atoms with E-state index in [1.807, 2.05) is 29.5 Å². The molecule has 0 aliphatic heterocycles. The highest BCUT2D eigenvalue weighted by Gasteiger charge is 2.22. The molecule has 0 radical (unpaired) electrons. The van der Waals surface area contributed by atoms with Gasteiger partial charge in [-0.25, -0.2) is 15.0 Å². The van der Waals surface area contributed by atoms with Crippen molar-refractivity contribution in [1.29, 1.82) is 0 Å². The third kappa shape index (κ3) is 4.11. The Labute approximate surface area is 294 Å². The lowest BCUT2D eigenvalue weighted by atomic mass is 9.95. The number of hydrogen-bond donors (Lipinski definition) is 0. The minimum Gasteiger partial charge on any atom is -0.208 e. The Bertz CT molecular complexity index is 3160. The maximum Gasteiger partial charge on any atom is 0.165 e. The van der Waals surface area contributed by atoms with Crippen molar-refractivity contribution in [3.05, 3.63) is 152 Å². The third-order valence-corrected chi connectivity index (χ3v) is 12.4. The molecule has 0 unspecified atom stereocenters. The molecule has 3 heterocycles. The maximum absolute atomic E-state index is 5.38. The van der Waals surface area contributed by atoms with Crippen LogP contribution in [-0.4, -0.2) is 15.0 Å². The summed E-state index contributed by atoms with van der Waals surface area (Å²) >= 11 is 3.68. The number of aromatic nitrogens is 3. The standard InChI is InChI=1S/C45H25N3S2/c1-2-13-28(14-3-1)43-46-44(35-19-10-18-33-32-17-8-9-20-37(32)49-41(33)35)48-45(47-43)36-25-29-22-21-26-11-4-6-15-30(26)38(29)42-39(36)34-24-23-27-12-5-7-16-31(27)40(34)50-42/h1-25H. The first-order valence-electron chi connectivity index (χ1n) is 16.7. The van der Waals surface area contributed by atoms with Crippen molar-refractivity contribution < 1.29 is 0 Å². The van der Waals surface area contributed by atoms with E-state index in [1.54, 1.807) is 11.3 Å². The van der Waals surface area contributed by atoms with Crippen LogP contribution < -0.4 is 0 Å². The topological polar surface area (TPSA) is 38.7 Å². The van der Waals surface area contributed by atoms with Gasteiger partial charge in [0.15, 0.2) is 17.5 Å². The Hall–Kier alpha value is -6.01. The number of benzene rings is 8. The summed E-state index contributed by atoms with van der Waals surface area (Å²) in [5.74, 6) is 2.03. The molecule has 50 heavy (non-hydrogen) atoms. The Morgan fingerprint density at radius 2 is 0.980 bits per heavy atom. The Balaban J connectivity index is 1.28. The minimum atomic E-state index is 0.667. The van der Waals surface area contributed by atoms with Gasteiger partial charge in [0, 0.05) is 62.4 Å². The van der Waals surface area contributed by atoms with Gasteiger partial charge >= 0.3 is 0 Å². The van der Waals surface area contributed by atoms with Crippen LogP contribution in [0.3, 0.4) is 0 Å². The minimum absolute atomic E-state index is 0.667. The fraction of sp³-hybridized carbons (Fsp3) is 0. The Morgan fingerprint density at radius 1 is 0.340 bits per heavy atom. The van der Waals surface area contributed by atoms with E-state index in [0.717, 1.165) is 16.7 Å². The summed E-state index contributed by atoms with van der Waals surface area (Å²) in [5, 5.41) is 12.4. The Morgan fingerprint density at radius 3 is 1.84 bits per heavy atom. The van der Waals surface area contributed by atoms with Gasteiger partial charge in [0.2, 0.25) is 0 Å². The first-order chi connectivity index (χ1) is 24.8. The zero-order chi connectivity index (χ0) is 32.8. The van der Waals surface area contributed by atoms with E-state index in [-0.39, 0.29) is 0 Å². The van der Waals surface area contributed by atoms with Crippen molar-refractivity contribution in [3.63, 3.8) is 0 Å². The zero-order valence-electron chi connectivity index (χ0n) is 26.6. The van der Waals surface area contributed by atoms with Crippen LogP contribution in [-0.2, 0) is 0 Å². The molecule has 0 aliphatic carbocycles. The average molecular weight is 672 g/mol. The highest BCUT2D eigenvalue weighted by molar-refractivity contribution is 7.28. The summed E-state index contributed by atoms with van der Waals surface area (Å²) in [6.45, 7) is 0. The van der Waals surface area contributed by atoms with E-state index in [2.05, 4.69) is 133 Å². The van der Waals surface area contributed by atoms with E-state index in [4.69, 9.17) is 15.0 Å². The molecule has 0 saturated carbocycles. The first kappa shape index (κ1) is 27.9. The van der Waals surface area contributed by atoms with Crippen molar-refractivity contribution >= 4 is 95.3 Å². The predicted octanol–water partition coefficient (Wildman–Crippen LogP) is 13.1. The van der Waals surface area contributed by atoms with Crippen molar-refractivity contribution in [2.45, 2.75) is 0 Å². The van der Waals surface area contributed by atoms with Crippen molar-refractivity contribution in [2.75, 3.05) is 0 Å². The molecule has 3 nitrogen and oxygen atoms in total. The fourth-order valence-corrected chi connectivity index (χ4v) is 10.2. The van der Waals surface area contributed by atoms with Gasteiger partial charge in [-0.1, -0.05) is 133 Å². The summed E-state index contributed by atoms with van der Waals surface area (Å²) in [6.07, 6.45) is 0. The fourth-order valence-electron chi connectivity index (χ4n) is 7.59. The number of rotatable bonds is 3. The molecular formula is C45H25N3S2. The normalized spacial score (nSPS) is 12.0. The second kappa shape index (κ2) is 10.7. The highest BCUT2D eigenvalue weighted by atomic mass is 32.1. The molecule has 0 amide bonds. The van der Waals surface area contributed by atoms with Crippen LogP contribution in [0.4, 0.5) is 0 Å². The van der Waals surface area contributed by atoms with Crippen LogP contribution >= 0.6 is 22.7 Å². The zero-order valence-corrected chi connectivity index (χ0v) is 28.2. The number of hydrogen-bond acceptors (Lipinski definition) is 5. The average Bonchev–Trinajstić information content (AvgIpc) is 3.77. The van der Waals surface area contributed by atoms with Crippen LogP contribution in [0.25, 0.3) is 107 Å². The monoisotopic (exact) mass is 671 g/mol. The molecule has 11 rings (SSSR count). The molecule has 8 aromatic carbocycles. The molecule has 3 aromatic heterocycles. The number of fused-ring (bicyclic) bond motifs is 12. The molecule has 5 heteroatoms. The molecule has 0 aliphatic rings. The molecule has 232 valence electrons. The molecule has 0 spiro atoms. The maximum atomic E-state index is 5.38. The molecule has 11 aromatic rings. The Kier molecular flexibility index (Phi) is 5.99. The summed E-state index contributed by atoms with van der Waals surface area (Å²) < 4.78 is 4.99. The SMILES string of the molecule is c1ccc(-c2nc(-c3cccc4c3sc3ccccc34)nc(-c3cc4ccc5ccccc5c4c4sc5c6ccccc6ccc5c34)n2)cc1. The molecular weight excluding hydrogens is 647 g/mol. The molecule has 0 bridgehead atoms. The molecule has 0 fully saturated rings. The largest absolute Gasteiger partial charge is 0.208 e. The smallest absolute Gasteiger partial charge is 0.165 e. The second-order valence-electron chi connectivity index (χ2n) is 12.7. The van der Waals surface area contributed by atoms with Gasteiger partial charge in [-0.2, -0.15) is 0 Å². The van der Waals surface area contributed by atoms with Crippen molar-refractivity contribution in [1.82, 2.24) is 15.0 Å². The predicted molar refractivity (Wildman–Crippen MR) is 214 cm³/mol. The van der Waals surface area contributed by atoms with Crippen LogP contribution in [0.1, 0.15) is 0 Å². The van der Waals surface area contributed by atoms with Gasteiger partial charge in [0.05, 0.1) is 0 Å². The van der Waals surface area contributed by atoms with Crippen LogP contribution in [0, 0.1) is 0 Å². The summed E-state index contributed by atoms with van der Waals surface area (Å²) in [4.78, 5) is 15.8. The third-order valence-electron chi connectivity index (χ3n) is 9.89. The van der Waals surface area contributed by atoms with Gasteiger partial charge < -0.3 is 0 Å². The highest BCUT2D eigenvalue weighted by Crippen LogP contribution is 2.48. The lowest BCUT2D eigenvalue weighted by Crippen LogP contribution is -2.00. The lowest BCUT2D eigenvalue weighted by Gasteiger charge is -2.12. The van der Waals surface area contributed by atoms with E-state index in [1.165, 1.54) is 72.7 Å². The lowest BCUT2D eigenvalue weighted by molar-refractivity contribution is 1.08. The summed E-state index contributed by atoms with van der Waals surface area (Å²) in [7, 11) is 0. The van der Waals surface area contributed by atoms with Gasteiger partial charge in [0.1, 0.15) is 0 Å². The van der Waals surface area contributed by atoms with Gasteiger partial charge in [-0.05, 0) is 45.1 Å². The first-order valence-corrected chi connectivity index (χ1v) is 18.3. The molecule has 0 N–H and O–H groups in total. The van der Waals surface area contributed by atoms with Gasteiger partial charge in [-0.3, -0.25) is 0 Å². The summed E-state index contributed by atoms with van der Waals surface area (Å²) in [5.41, 5.74) is 3.01. The van der Waals surface area contributed by atoms with Crippen molar-refractivity contribution in [3.8, 4) is 34.2 Å². The van der Waals surface area contributed by atoms with E-state index in [0.29, 0.717) is 17.5 Å². The van der Waals surface area contributed by atoms with Crippen LogP contribution in [0.2, 0.25) is 0 Å².